The minimum atomic E-state index is -0.475. The van der Waals surface area contributed by atoms with Gasteiger partial charge in [-0.15, -0.1) is 0 Å². The third-order valence-electron chi connectivity index (χ3n) is 3.12. The summed E-state index contributed by atoms with van der Waals surface area (Å²) in [6.07, 6.45) is 0. The minimum absolute atomic E-state index is 0.0919. The lowest BCUT2D eigenvalue weighted by atomic mass is 10.1. The maximum Gasteiger partial charge on any atom is 0.314 e. The number of furan rings is 1. The van der Waals surface area contributed by atoms with Crippen molar-refractivity contribution in [2.75, 3.05) is 7.11 Å². The van der Waals surface area contributed by atoms with Crippen molar-refractivity contribution in [2.45, 2.75) is 6.92 Å². The van der Waals surface area contributed by atoms with E-state index >= 15 is 0 Å². The first-order chi connectivity index (χ1) is 9.10. The Bertz CT molecular complexity index is 804. The standard InChI is InChI=1S/C14H11NO4/c1-8-3-4-12-9(5-8)10-6-14(18-2)11(15(16)17)7-13(10)19-12/h3-7H,1-2H3. The molecular formula is C14H11NO4. The molecule has 0 aliphatic carbocycles. The van der Waals surface area contributed by atoms with Crippen molar-refractivity contribution in [2.24, 2.45) is 0 Å². The summed E-state index contributed by atoms with van der Waals surface area (Å²) in [7, 11) is 1.42. The lowest BCUT2D eigenvalue weighted by Gasteiger charge is -2.00. The van der Waals surface area contributed by atoms with Crippen LogP contribution < -0.4 is 4.74 Å². The Hall–Kier alpha value is -2.56. The van der Waals surface area contributed by atoms with Gasteiger partial charge in [-0.05, 0) is 25.1 Å². The smallest absolute Gasteiger partial charge is 0.314 e. The van der Waals surface area contributed by atoms with Gasteiger partial charge in [-0.1, -0.05) is 11.6 Å². The van der Waals surface area contributed by atoms with E-state index in [1.807, 2.05) is 25.1 Å². The molecule has 0 radical (unpaired) electrons. The molecule has 3 rings (SSSR count). The third kappa shape index (κ3) is 1.71. The summed E-state index contributed by atoms with van der Waals surface area (Å²) in [6, 6.07) is 8.86. The van der Waals surface area contributed by atoms with Crippen molar-refractivity contribution in [3.8, 4) is 5.75 Å². The molecule has 5 heteroatoms. The molecular weight excluding hydrogens is 246 g/mol. The van der Waals surface area contributed by atoms with E-state index in [0.29, 0.717) is 11.2 Å². The zero-order valence-corrected chi connectivity index (χ0v) is 10.5. The topological polar surface area (TPSA) is 65.5 Å². The van der Waals surface area contributed by atoms with Crippen molar-refractivity contribution in [3.63, 3.8) is 0 Å². The molecule has 0 fully saturated rings. The molecule has 0 aliphatic rings. The molecule has 0 aliphatic heterocycles. The SMILES string of the molecule is COc1cc2c(cc1[N+](=O)[O-])oc1ccc(C)cc12. The number of hydrogen-bond acceptors (Lipinski definition) is 4. The summed E-state index contributed by atoms with van der Waals surface area (Å²) in [6.45, 7) is 1.99. The molecule has 3 aromatic rings. The van der Waals surface area contributed by atoms with Gasteiger partial charge in [0, 0.05) is 10.8 Å². The van der Waals surface area contributed by atoms with Crippen molar-refractivity contribution in [1.29, 1.82) is 0 Å². The minimum Gasteiger partial charge on any atom is -0.490 e. The van der Waals surface area contributed by atoms with E-state index in [-0.39, 0.29) is 11.4 Å². The lowest BCUT2D eigenvalue weighted by Crippen LogP contribution is -1.93. The Kier molecular flexibility index (Phi) is 2.41. The summed E-state index contributed by atoms with van der Waals surface area (Å²) in [4.78, 5) is 10.5. The van der Waals surface area contributed by atoms with E-state index in [1.165, 1.54) is 13.2 Å². The van der Waals surface area contributed by atoms with E-state index in [1.54, 1.807) is 6.07 Å². The molecule has 0 saturated heterocycles. The van der Waals surface area contributed by atoms with Crippen LogP contribution in [0.2, 0.25) is 0 Å². The quantitative estimate of drug-likeness (QED) is 0.517. The summed E-state index contributed by atoms with van der Waals surface area (Å²) in [5, 5.41) is 12.7. The van der Waals surface area contributed by atoms with Crippen LogP contribution in [-0.2, 0) is 0 Å². The van der Waals surface area contributed by atoms with Gasteiger partial charge in [0.1, 0.15) is 11.2 Å². The molecule has 0 atom stereocenters. The first kappa shape index (κ1) is 11.5. The Morgan fingerprint density at radius 3 is 2.58 bits per heavy atom. The van der Waals surface area contributed by atoms with E-state index in [9.17, 15) is 10.1 Å². The second-order valence-corrected chi connectivity index (χ2v) is 4.38. The molecule has 19 heavy (non-hydrogen) atoms. The molecule has 5 nitrogen and oxygen atoms in total. The van der Waals surface area contributed by atoms with E-state index in [0.717, 1.165) is 16.3 Å². The number of fused-ring (bicyclic) bond motifs is 3. The van der Waals surface area contributed by atoms with Crippen molar-refractivity contribution in [3.05, 3.63) is 46.0 Å². The number of rotatable bonds is 2. The van der Waals surface area contributed by atoms with Crippen LogP contribution in [0.15, 0.2) is 34.7 Å². The average Bonchev–Trinajstić information content (AvgIpc) is 2.74. The maximum absolute atomic E-state index is 11.0. The number of nitrogens with zero attached hydrogens (tertiary/aromatic N) is 1. The molecule has 0 unspecified atom stereocenters. The highest BCUT2D eigenvalue weighted by Gasteiger charge is 2.19. The highest BCUT2D eigenvalue weighted by Crippen LogP contribution is 2.37. The average molecular weight is 257 g/mol. The van der Waals surface area contributed by atoms with Gasteiger partial charge in [-0.2, -0.15) is 0 Å². The predicted octanol–water partition coefficient (Wildman–Crippen LogP) is 3.81. The Morgan fingerprint density at radius 1 is 1.16 bits per heavy atom. The predicted molar refractivity (Wildman–Crippen MR) is 71.7 cm³/mol. The zero-order valence-electron chi connectivity index (χ0n) is 10.5. The number of methoxy groups -OCH3 is 1. The second kappa shape index (κ2) is 3.98. The molecule has 2 aromatic carbocycles. The van der Waals surface area contributed by atoms with Crippen LogP contribution in [0.5, 0.6) is 5.75 Å². The first-order valence-corrected chi connectivity index (χ1v) is 5.75. The molecule has 1 aromatic heterocycles. The molecule has 0 spiro atoms. The number of benzene rings is 2. The van der Waals surface area contributed by atoms with Crippen LogP contribution in [0, 0.1) is 17.0 Å². The molecule has 0 saturated carbocycles. The summed E-state index contributed by atoms with van der Waals surface area (Å²) in [5.41, 5.74) is 2.22. The van der Waals surface area contributed by atoms with Gasteiger partial charge in [0.05, 0.1) is 18.1 Å². The number of aryl methyl sites for hydroxylation is 1. The van der Waals surface area contributed by atoms with Gasteiger partial charge in [0.25, 0.3) is 0 Å². The largest absolute Gasteiger partial charge is 0.490 e. The summed E-state index contributed by atoms with van der Waals surface area (Å²) in [5.74, 6) is 0.238. The molecule has 0 bridgehead atoms. The molecule has 96 valence electrons. The number of nitro groups is 1. The first-order valence-electron chi connectivity index (χ1n) is 5.75. The van der Waals surface area contributed by atoms with E-state index < -0.39 is 4.92 Å². The van der Waals surface area contributed by atoms with Gasteiger partial charge in [-0.25, -0.2) is 0 Å². The van der Waals surface area contributed by atoms with Gasteiger partial charge >= 0.3 is 5.69 Å². The third-order valence-corrected chi connectivity index (χ3v) is 3.12. The Labute approximate surface area is 108 Å². The maximum atomic E-state index is 11.0. The number of nitro benzene ring substituents is 1. The monoisotopic (exact) mass is 257 g/mol. The van der Waals surface area contributed by atoms with Crippen LogP contribution in [0.25, 0.3) is 21.9 Å². The zero-order chi connectivity index (χ0) is 13.6. The molecule has 0 N–H and O–H groups in total. The fraction of sp³-hybridized carbons (Fsp3) is 0.143. The van der Waals surface area contributed by atoms with Gasteiger partial charge in [0.2, 0.25) is 0 Å². The molecule has 0 amide bonds. The van der Waals surface area contributed by atoms with E-state index in [4.69, 9.17) is 9.15 Å². The van der Waals surface area contributed by atoms with Gasteiger partial charge in [0.15, 0.2) is 5.75 Å². The van der Waals surface area contributed by atoms with Gasteiger partial charge < -0.3 is 9.15 Å². The number of hydrogen-bond donors (Lipinski definition) is 0. The highest BCUT2D eigenvalue weighted by atomic mass is 16.6. The fourth-order valence-electron chi connectivity index (χ4n) is 2.21. The Morgan fingerprint density at radius 2 is 1.89 bits per heavy atom. The summed E-state index contributed by atoms with van der Waals surface area (Å²) >= 11 is 0. The van der Waals surface area contributed by atoms with Gasteiger partial charge in [-0.3, -0.25) is 10.1 Å². The molecule has 1 heterocycles. The summed E-state index contributed by atoms with van der Waals surface area (Å²) < 4.78 is 10.7. The normalized spacial score (nSPS) is 11.1. The van der Waals surface area contributed by atoms with Crippen LogP contribution in [0.1, 0.15) is 5.56 Å². The number of ether oxygens (including phenoxy) is 1. The lowest BCUT2D eigenvalue weighted by molar-refractivity contribution is -0.385. The van der Waals surface area contributed by atoms with Crippen LogP contribution >= 0.6 is 0 Å². The van der Waals surface area contributed by atoms with Crippen molar-refractivity contribution >= 4 is 27.6 Å². The van der Waals surface area contributed by atoms with Crippen molar-refractivity contribution < 1.29 is 14.1 Å². The van der Waals surface area contributed by atoms with Crippen LogP contribution in [-0.4, -0.2) is 12.0 Å². The fourth-order valence-corrected chi connectivity index (χ4v) is 2.21. The second-order valence-electron chi connectivity index (χ2n) is 4.38. The van der Waals surface area contributed by atoms with E-state index in [2.05, 4.69) is 0 Å². The Balaban J connectivity index is 2.42. The van der Waals surface area contributed by atoms with Crippen LogP contribution in [0.3, 0.4) is 0 Å². The van der Waals surface area contributed by atoms with Crippen LogP contribution in [0.4, 0.5) is 5.69 Å². The van der Waals surface area contributed by atoms with Crippen molar-refractivity contribution in [1.82, 2.24) is 0 Å². The highest BCUT2D eigenvalue weighted by molar-refractivity contribution is 6.06.